The van der Waals surface area contributed by atoms with Crippen LogP contribution in [0.3, 0.4) is 0 Å². The number of hydrogen-bond acceptors (Lipinski definition) is 3. The van der Waals surface area contributed by atoms with Gasteiger partial charge in [0.25, 0.3) is 0 Å². The van der Waals surface area contributed by atoms with Crippen LogP contribution >= 0.6 is 15.9 Å². The minimum absolute atomic E-state index is 0.0521. The number of aliphatic hydroxyl groups excluding tert-OH is 1. The van der Waals surface area contributed by atoms with Crippen molar-refractivity contribution in [2.24, 2.45) is 0 Å². The summed E-state index contributed by atoms with van der Waals surface area (Å²) in [7, 11) is 0. The van der Waals surface area contributed by atoms with Gasteiger partial charge in [0.1, 0.15) is 29.3 Å². The van der Waals surface area contributed by atoms with Gasteiger partial charge in [0, 0.05) is 11.6 Å². The number of nitriles is 1. The van der Waals surface area contributed by atoms with E-state index in [0.717, 1.165) is 0 Å². The second-order valence-electron chi connectivity index (χ2n) is 4.53. The molecule has 1 aromatic rings. The van der Waals surface area contributed by atoms with Crippen molar-refractivity contribution < 1.29 is 14.2 Å². The maximum atomic E-state index is 13.5. The molecule has 0 aliphatic carbocycles. The Bertz CT molecular complexity index is 510. The number of rotatable bonds is 0. The predicted octanol–water partition coefficient (Wildman–Crippen LogP) is 2.67. The number of alkyl halides is 1. The van der Waals surface area contributed by atoms with E-state index in [-0.39, 0.29) is 10.4 Å². The minimum atomic E-state index is -0.804. The average Bonchev–Trinajstić information content (AvgIpc) is 2.25. The molecule has 0 saturated carbocycles. The highest BCUT2D eigenvalue weighted by Crippen LogP contribution is 2.44. The molecule has 1 aliphatic heterocycles. The summed E-state index contributed by atoms with van der Waals surface area (Å²) in [4.78, 5) is -0.381. The molecule has 1 aliphatic rings. The van der Waals surface area contributed by atoms with Crippen LogP contribution in [0.15, 0.2) is 12.1 Å². The van der Waals surface area contributed by atoms with Crippen LogP contribution in [0.2, 0.25) is 0 Å². The fourth-order valence-electron chi connectivity index (χ4n) is 1.83. The van der Waals surface area contributed by atoms with Crippen molar-refractivity contribution in [2.45, 2.75) is 30.4 Å². The van der Waals surface area contributed by atoms with Crippen LogP contribution in [0, 0.1) is 17.1 Å². The van der Waals surface area contributed by atoms with Gasteiger partial charge in [-0.05, 0) is 19.9 Å². The van der Waals surface area contributed by atoms with E-state index >= 15 is 0 Å². The van der Waals surface area contributed by atoms with E-state index in [4.69, 9.17) is 10.00 Å². The smallest absolute Gasteiger partial charge is 0.144 e. The zero-order valence-electron chi connectivity index (χ0n) is 9.37. The molecule has 5 heteroatoms. The molecule has 2 unspecified atom stereocenters. The maximum Gasteiger partial charge on any atom is 0.144 e. The van der Waals surface area contributed by atoms with E-state index < -0.39 is 17.5 Å². The molecule has 3 nitrogen and oxygen atoms in total. The molecule has 0 aromatic heterocycles. The number of halogens is 2. The molecule has 0 fully saturated rings. The average molecular weight is 300 g/mol. The first-order chi connectivity index (χ1) is 7.86. The highest BCUT2D eigenvalue weighted by Gasteiger charge is 2.42. The topological polar surface area (TPSA) is 53.2 Å². The molecule has 0 amide bonds. The van der Waals surface area contributed by atoms with Gasteiger partial charge >= 0.3 is 0 Å². The lowest BCUT2D eigenvalue weighted by molar-refractivity contribution is -0.0420. The molecule has 17 heavy (non-hydrogen) atoms. The van der Waals surface area contributed by atoms with Gasteiger partial charge < -0.3 is 9.84 Å². The second kappa shape index (κ2) is 3.97. The number of ether oxygens (including phenoxy) is 1. The summed E-state index contributed by atoms with van der Waals surface area (Å²) in [5, 5.41) is 18.8. The van der Waals surface area contributed by atoms with Crippen molar-refractivity contribution in [3.8, 4) is 11.8 Å². The molecule has 1 heterocycles. The molecule has 90 valence electrons. The van der Waals surface area contributed by atoms with E-state index in [9.17, 15) is 9.50 Å². The molecule has 0 radical (unpaired) electrons. The van der Waals surface area contributed by atoms with Crippen LogP contribution in [0.5, 0.6) is 5.75 Å². The van der Waals surface area contributed by atoms with Gasteiger partial charge in [0.05, 0.1) is 10.4 Å². The Labute approximate surface area is 107 Å². The molecule has 2 rings (SSSR count). The first-order valence-corrected chi connectivity index (χ1v) is 6.03. The Hall–Kier alpha value is -1.12. The lowest BCUT2D eigenvalue weighted by Crippen LogP contribution is -2.47. The van der Waals surface area contributed by atoms with Crippen molar-refractivity contribution in [1.29, 1.82) is 5.26 Å². The first kappa shape index (κ1) is 12.3. The number of nitrogens with zero attached hydrogens (tertiary/aromatic N) is 1. The van der Waals surface area contributed by atoms with Crippen molar-refractivity contribution in [3.63, 3.8) is 0 Å². The van der Waals surface area contributed by atoms with E-state index in [1.54, 1.807) is 19.9 Å². The van der Waals surface area contributed by atoms with Crippen LogP contribution < -0.4 is 4.74 Å². The SMILES string of the molecule is CC1(C)Oc2cc(F)c(C#N)cc2C(Br)C1O. The zero-order valence-corrected chi connectivity index (χ0v) is 11.0. The number of benzene rings is 1. The fraction of sp³-hybridized carbons (Fsp3) is 0.417. The summed E-state index contributed by atoms with van der Waals surface area (Å²) >= 11 is 3.35. The molecule has 0 spiro atoms. The van der Waals surface area contributed by atoms with Gasteiger partial charge in [-0.3, -0.25) is 0 Å². The molecule has 1 aromatic carbocycles. The van der Waals surface area contributed by atoms with Crippen molar-refractivity contribution in [1.82, 2.24) is 0 Å². The van der Waals surface area contributed by atoms with E-state index in [2.05, 4.69) is 15.9 Å². The Kier molecular flexibility index (Phi) is 2.88. The summed E-state index contributed by atoms with van der Waals surface area (Å²) in [6.07, 6.45) is -0.771. The lowest BCUT2D eigenvalue weighted by Gasteiger charge is -2.40. The number of fused-ring (bicyclic) bond motifs is 1. The second-order valence-corrected chi connectivity index (χ2v) is 5.52. The van der Waals surface area contributed by atoms with Gasteiger partial charge in [-0.1, -0.05) is 15.9 Å². The molecule has 2 atom stereocenters. The maximum absolute atomic E-state index is 13.5. The van der Waals surface area contributed by atoms with E-state index in [1.807, 2.05) is 0 Å². The van der Waals surface area contributed by atoms with Crippen LogP contribution in [0.25, 0.3) is 0 Å². The summed E-state index contributed by atoms with van der Waals surface area (Å²) < 4.78 is 19.0. The summed E-state index contributed by atoms with van der Waals surface area (Å²) in [6.45, 7) is 3.45. The van der Waals surface area contributed by atoms with Gasteiger partial charge in [-0.15, -0.1) is 0 Å². The quantitative estimate of drug-likeness (QED) is 0.749. The Balaban J connectivity index is 2.58. The van der Waals surface area contributed by atoms with E-state index in [0.29, 0.717) is 11.3 Å². The Morgan fingerprint density at radius 1 is 1.53 bits per heavy atom. The molecule has 0 bridgehead atoms. The van der Waals surface area contributed by atoms with Gasteiger partial charge in [0.2, 0.25) is 0 Å². The highest BCUT2D eigenvalue weighted by atomic mass is 79.9. The Morgan fingerprint density at radius 2 is 2.18 bits per heavy atom. The third kappa shape index (κ3) is 1.92. The highest BCUT2D eigenvalue weighted by molar-refractivity contribution is 9.09. The molecular weight excluding hydrogens is 289 g/mol. The molecule has 1 N–H and O–H groups in total. The Morgan fingerprint density at radius 3 is 2.76 bits per heavy atom. The molecular formula is C12H11BrFNO2. The summed E-state index contributed by atoms with van der Waals surface area (Å²) in [5.74, 6) is -0.253. The monoisotopic (exact) mass is 299 g/mol. The third-order valence-corrected chi connectivity index (χ3v) is 3.87. The van der Waals surface area contributed by atoms with Crippen LogP contribution in [-0.4, -0.2) is 16.8 Å². The minimum Gasteiger partial charge on any atom is -0.485 e. The van der Waals surface area contributed by atoms with Gasteiger partial charge in [-0.2, -0.15) is 5.26 Å². The van der Waals surface area contributed by atoms with Crippen LogP contribution in [-0.2, 0) is 0 Å². The fourth-order valence-corrected chi connectivity index (χ4v) is 2.82. The predicted molar refractivity (Wildman–Crippen MR) is 63.5 cm³/mol. The first-order valence-electron chi connectivity index (χ1n) is 5.11. The number of aliphatic hydroxyl groups is 1. The van der Waals surface area contributed by atoms with Crippen LogP contribution in [0.1, 0.15) is 29.8 Å². The summed E-state index contributed by atoms with van der Waals surface area (Å²) in [6, 6.07) is 4.36. The van der Waals surface area contributed by atoms with Gasteiger partial charge in [-0.25, -0.2) is 4.39 Å². The number of hydrogen-bond donors (Lipinski definition) is 1. The van der Waals surface area contributed by atoms with Crippen molar-refractivity contribution in [2.75, 3.05) is 0 Å². The van der Waals surface area contributed by atoms with Gasteiger partial charge in [0.15, 0.2) is 0 Å². The standard InChI is InChI=1S/C12H11BrFNO2/c1-12(2)11(16)10(13)7-3-6(5-15)8(14)4-9(7)17-12/h3-4,10-11,16H,1-2H3. The van der Waals surface area contributed by atoms with Crippen molar-refractivity contribution in [3.05, 3.63) is 29.1 Å². The van der Waals surface area contributed by atoms with Crippen molar-refractivity contribution >= 4 is 15.9 Å². The lowest BCUT2D eigenvalue weighted by atomic mass is 9.90. The van der Waals surface area contributed by atoms with E-state index in [1.165, 1.54) is 12.1 Å². The molecule has 0 saturated heterocycles. The van der Waals surface area contributed by atoms with Crippen LogP contribution in [0.4, 0.5) is 4.39 Å². The zero-order chi connectivity index (χ0) is 12.8. The third-order valence-electron chi connectivity index (χ3n) is 2.88. The summed E-state index contributed by atoms with van der Waals surface area (Å²) in [5.41, 5.74) is -0.264. The normalized spacial score (nSPS) is 25.6. The largest absolute Gasteiger partial charge is 0.485 e.